The Bertz CT molecular complexity index is 1430. The molecule has 1 aliphatic heterocycles. The number of allylic oxidation sites excluding steroid dienone is 1. The van der Waals surface area contributed by atoms with Crippen molar-refractivity contribution in [2.24, 2.45) is 4.99 Å². The van der Waals surface area contributed by atoms with Gasteiger partial charge in [0.1, 0.15) is 0 Å². The number of carbonyl (C=O) groups excluding carboxylic acids is 1. The zero-order valence-corrected chi connectivity index (χ0v) is 21.6. The smallest absolute Gasteiger partial charge is 0.338 e. The lowest BCUT2D eigenvalue weighted by molar-refractivity contribution is -0.139. The third kappa shape index (κ3) is 4.42. The molecule has 172 valence electrons. The standard InChI is InChI=1S/C23H21BrN2O5S2/c1-5-31-22(28)19-12(2)25-23-26(20(19)13-6-8-15(29-3)16(10-13)30-4)21(27)17(33-23)11-14-7-9-18(24)32-14/h6-11,20H,5H2,1-4H3/b17-11-/t20-/m1/s1. The van der Waals surface area contributed by atoms with Crippen molar-refractivity contribution in [3.05, 3.63) is 75.5 Å². The maximum Gasteiger partial charge on any atom is 0.338 e. The molecule has 0 N–H and O–H groups in total. The van der Waals surface area contributed by atoms with E-state index < -0.39 is 12.0 Å². The van der Waals surface area contributed by atoms with Crippen LogP contribution in [0.1, 0.15) is 30.3 Å². The Labute approximate surface area is 206 Å². The molecule has 3 heterocycles. The molecule has 0 amide bonds. The summed E-state index contributed by atoms with van der Waals surface area (Å²) in [4.78, 5) is 32.6. The van der Waals surface area contributed by atoms with Gasteiger partial charge in [-0.1, -0.05) is 17.4 Å². The third-order valence-corrected chi connectivity index (χ3v) is 7.66. The van der Waals surface area contributed by atoms with Crippen molar-refractivity contribution in [1.82, 2.24) is 4.57 Å². The van der Waals surface area contributed by atoms with Crippen LogP contribution in [0.25, 0.3) is 6.08 Å². The SMILES string of the molecule is CCOC(=O)C1=C(C)N=c2s/c(=C\c3ccc(Br)s3)c(=O)n2[C@@H]1c1ccc(OC)c(OC)c1. The lowest BCUT2D eigenvalue weighted by atomic mass is 9.95. The molecule has 1 aromatic carbocycles. The first kappa shape index (κ1) is 23.5. The fourth-order valence-corrected chi connectivity index (χ4v) is 6.14. The molecule has 0 saturated heterocycles. The van der Waals surface area contributed by atoms with Gasteiger partial charge < -0.3 is 14.2 Å². The van der Waals surface area contributed by atoms with Gasteiger partial charge in [-0.2, -0.15) is 0 Å². The predicted octanol–water partition coefficient (Wildman–Crippen LogP) is 3.64. The van der Waals surface area contributed by atoms with E-state index in [1.807, 2.05) is 24.3 Å². The van der Waals surface area contributed by atoms with Crippen molar-refractivity contribution in [2.45, 2.75) is 19.9 Å². The zero-order chi connectivity index (χ0) is 23.7. The van der Waals surface area contributed by atoms with Crippen molar-refractivity contribution in [3.63, 3.8) is 0 Å². The van der Waals surface area contributed by atoms with Gasteiger partial charge in [0.05, 0.1) is 46.5 Å². The summed E-state index contributed by atoms with van der Waals surface area (Å²) in [5, 5.41) is 0. The van der Waals surface area contributed by atoms with E-state index >= 15 is 0 Å². The van der Waals surface area contributed by atoms with E-state index in [2.05, 4.69) is 20.9 Å². The number of thiophene rings is 1. The number of benzene rings is 1. The molecule has 4 rings (SSSR count). The van der Waals surface area contributed by atoms with Gasteiger partial charge in [-0.15, -0.1) is 11.3 Å². The molecule has 0 aliphatic carbocycles. The average molecular weight is 549 g/mol. The number of ether oxygens (including phenoxy) is 3. The number of hydrogen-bond acceptors (Lipinski definition) is 8. The number of methoxy groups -OCH3 is 2. The molecule has 1 atom stereocenters. The lowest BCUT2D eigenvalue weighted by Gasteiger charge is -2.25. The summed E-state index contributed by atoms with van der Waals surface area (Å²) in [7, 11) is 3.09. The van der Waals surface area contributed by atoms with Crippen LogP contribution in [-0.2, 0) is 9.53 Å². The summed E-state index contributed by atoms with van der Waals surface area (Å²) in [5.74, 6) is 0.545. The fraction of sp³-hybridized carbons (Fsp3) is 0.261. The number of halogens is 1. The molecule has 7 nitrogen and oxygen atoms in total. The van der Waals surface area contributed by atoms with E-state index in [0.29, 0.717) is 37.7 Å². The van der Waals surface area contributed by atoms with Gasteiger partial charge >= 0.3 is 5.97 Å². The Morgan fingerprint density at radius 1 is 1.18 bits per heavy atom. The first-order chi connectivity index (χ1) is 15.9. The minimum atomic E-state index is -0.711. The van der Waals surface area contributed by atoms with Crippen LogP contribution in [-0.4, -0.2) is 31.4 Å². The van der Waals surface area contributed by atoms with Crippen LogP contribution in [0.4, 0.5) is 0 Å². The fourth-order valence-electron chi connectivity index (χ4n) is 3.66. The molecule has 0 unspecified atom stereocenters. The summed E-state index contributed by atoms with van der Waals surface area (Å²) in [6.07, 6.45) is 1.84. The van der Waals surface area contributed by atoms with E-state index in [0.717, 1.165) is 8.66 Å². The Kier molecular flexibility index (Phi) is 6.87. The topological polar surface area (TPSA) is 79.1 Å². The summed E-state index contributed by atoms with van der Waals surface area (Å²) in [6, 6.07) is 8.51. The van der Waals surface area contributed by atoms with Crippen molar-refractivity contribution in [2.75, 3.05) is 20.8 Å². The molecular weight excluding hydrogens is 528 g/mol. The monoisotopic (exact) mass is 548 g/mol. The number of aromatic nitrogens is 1. The largest absolute Gasteiger partial charge is 0.493 e. The van der Waals surface area contributed by atoms with Gasteiger partial charge in [-0.05, 0) is 65.7 Å². The van der Waals surface area contributed by atoms with Crippen molar-refractivity contribution >= 4 is 50.6 Å². The van der Waals surface area contributed by atoms with E-state index in [1.54, 1.807) is 44.8 Å². The zero-order valence-electron chi connectivity index (χ0n) is 18.4. The van der Waals surface area contributed by atoms with Gasteiger partial charge in [0.2, 0.25) is 0 Å². The molecule has 0 bridgehead atoms. The normalized spacial score (nSPS) is 15.8. The van der Waals surface area contributed by atoms with Crippen LogP contribution in [0.5, 0.6) is 11.5 Å². The summed E-state index contributed by atoms with van der Waals surface area (Å²) < 4.78 is 19.2. The number of carbonyl (C=O) groups is 1. The lowest BCUT2D eigenvalue weighted by Crippen LogP contribution is -2.39. The second-order valence-corrected chi connectivity index (χ2v) is 10.6. The number of nitrogens with zero attached hydrogens (tertiary/aromatic N) is 2. The second-order valence-electron chi connectivity index (χ2n) is 7.06. The number of hydrogen-bond donors (Lipinski definition) is 0. The van der Waals surface area contributed by atoms with Crippen molar-refractivity contribution < 1.29 is 19.0 Å². The maximum absolute atomic E-state index is 13.6. The first-order valence-electron chi connectivity index (χ1n) is 10.0. The van der Waals surface area contributed by atoms with Crippen LogP contribution >= 0.6 is 38.6 Å². The Hall–Kier alpha value is -2.69. The highest BCUT2D eigenvalue weighted by atomic mass is 79.9. The van der Waals surface area contributed by atoms with E-state index in [-0.39, 0.29) is 12.2 Å². The quantitative estimate of drug-likeness (QED) is 0.439. The molecule has 0 saturated carbocycles. The Morgan fingerprint density at radius 3 is 2.58 bits per heavy atom. The predicted molar refractivity (Wildman–Crippen MR) is 132 cm³/mol. The highest BCUT2D eigenvalue weighted by Crippen LogP contribution is 2.36. The minimum Gasteiger partial charge on any atom is -0.493 e. The molecule has 0 fully saturated rings. The molecule has 2 aromatic heterocycles. The molecule has 10 heteroatoms. The molecule has 1 aliphatic rings. The van der Waals surface area contributed by atoms with E-state index in [9.17, 15) is 9.59 Å². The Balaban J connectivity index is 1.97. The highest BCUT2D eigenvalue weighted by Gasteiger charge is 2.33. The Morgan fingerprint density at radius 2 is 1.94 bits per heavy atom. The second kappa shape index (κ2) is 9.66. The van der Waals surface area contributed by atoms with E-state index in [1.165, 1.54) is 22.7 Å². The van der Waals surface area contributed by atoms with Crippen molar-refractivity contribution in [3.8, 4) is 11.5 Å². The van der Waals surface area contributed by atoms with Gasteiger partial charge in [0, 0.05) is 4.88 Å². The number of fused-ring (bicyclic) bond motifs is 1. The molecule has 3 aromatic rings. The van der Waals surface area contributed by atoms with Gasteiger partial charge in [0.25, 0.3) is 5.56 Å². The molecular formula is C23H21BrN2O5S2. The summed E-state index contributed by atoms with van der Waals surface area (Å²) >= 11 is 6.27. The number of thiazole rings is 1. The maximum atomic E-state index is 13.6. The number of esters is 1. The van der Waals surface area contributed by atoms with Gasteiger partial charge in [-0.3, -0.25) is 9.36 Å². The van der Waals surface area contributed by atoms with Gasteiger partial charge in [0.15, 0.2) is 16.3 Å². The molecule has 0 radical (unpaired) electrons. The summed E-state index contributed by atoms with van der Waals surface area (Å²) in [6.45, 7) is 3.72. The van der Waals surface area contributed by atoms with Crippen LogP contribution in [0.15, 0.2) is 55.2 Å². The van der Waals surface area contributed by atoms with Crippen LogP contribution in [0.2, 0.25) is 0 Å². The van der Waals surface area contributed by atoms with Crippen molar-refractivity contribution in [1.29, 1.82) is 0 Å². The first-order valence-corrected chi connectivity index (χ1v) is 12.5. The summed E-state index contributed by atoms with van der Waals surface area (Å²) in [5.41, 5.74) is 1.30. The van der Waals surface area contributed by atoms with Gasteiger partial charge in [-0.25, -0.2) is 9.79 Å². The molecule has 0 spiro atoms. The highest BCUT2D eigenvalue weighted by molar-refractivity contribution is 9.11. The third-order valence-electron chi connectivity index (χ3n) is 5.11. The average Bonchev–Trinajstić information content (AvgIpc) is 3.34. The van der Waals surface area contributed by atoms with Crippen LogP contribution < -0.4 is 24.4 Å². The van der Waals surface area contributed by atoms with Crippen LogP contribution in [0.3, 0.4) is 0 Å². The molecule has 33 heavy (non-hydrogen) atoms. The van der Waals surface area contributed by atoms with E-state index in [4.69, 9.17) is 14.2 Å². The number of rotatable bonds is 6. The minimum absolute atomic E-state index is 0.214. The van der Waals surface area contributed by atoms with Crippen LogP contribution in [0, 0.1) is 0 Å².